The van der Waals surface area contributed by atoms with E-state index in [0.717, 1.165) is 35.0 Å². The summed E-state index contributed by atoms with van der Waals surface area (Å²) in [6, 6.07) is 8.84. The number of aromatic nitrogens is 3. The number of rotatable bonds is 8. The summed E-state index contributed by atoms with van der Waals surface area (Å²) in [6.07, 6.45) is 0.0371. The van der Waals surface area contributed by atoms with Crippen LogP contribution >= 0.6 is 11.8 Å². The van der Waals surface area contributed by atoms with Gasteiger partial charge in [-0.25, -0.2) is 8.78 Å². The largest absolute Gasteiger partial charge is 0.326 e. The maximum atomic E-state index is 13.3. The molecule has 0 unspecified atom stereocenters. The van der Waals surface area contributed by atoms with Gasteiger partial charge in [0, 0.05) is 24.0 Å². The van der Waals surface area contributed by atoms with Gasteiger partial charge in [-0.05, 0) is 56.2 Å². The Labute approximate surface area is 188 Å². The van der Waals surface area contributed by atoms with Gasteiger partial charge in [0.05, 0.1) is 12.2 Å². The lowest BCUT2D eigenvalue weighted by Gasteiger charge is -2.09. The van der Waals surface area contributed by atoms with E-state index in [1.54, 1.807) is 4.57 Å². The Bertz CT molecular complexity index is 1150. The van der Waals surface area contributed by atoms with E-state index in [-0.39, 0.29) is 23.8 Å². The average Bonchev–Trinajstić information content (AvgIpc) is 3.13. The Balaban J connectivity index is 1.58. The van der Waals surface area contributed by atoms with Crippen LogP contribution in [0.4, 0.5) is 20.2 Å². The van der Waals surface area contributed by atoms with Crippen molar-refractivity contribution in [3.05, 3.63) is 65.0 Å². The number of hydrogen-bond donors (Lipinski definition) is 2. The first kappa shape index (κ1) is 23.4. The van der Waals surface area contributed by atoms with Crippen molar-refractivity contribution in [1.82, 2.24) is 14.8 Å². The van der Waals surface area contributed by atoms with Crippen LogP contribution in [0.3, 0.4) is 0 Å². The summed E-state index contributed by atoms with van der Waals surface area (Å²) in [5, 5.41) is 14.0. The zero-order valence-corrected chi connectivity index (χ0v) is 18.7. The fourth-order valence-electron chi connectivity index (χ4n) is 2.94. The summed E-state index contributed by atoms with van der Waals surface area (Å²) in [6.45, 7) is 6.39. The van der Waals surface area contributed by atoms with Gasteiger partial charge in [0.1, 0.15) is 5.82 Å². The fourth-order valence-corrected chi connectivity index (χ4v) is 3.76. The quantitative estimate of drug-likeness (QED) is 0.495. The Morgan fingerprint density at radius 1 is 0.938 bits per heavy atom. The van der Waals surface area contributed by atoms with Crippen molar-refractivity contribution >= 4 is 35.0 Å². The van der Waals surface area contributed by atoms with Crippen LogP contribution in [0.1, 0.15) is 23.9 Å². The minimum absolute atomic E-state index is 0.00797. The van der Waals surface area contributed by atoms with Crippen molar-refractivity contribution in [2.24, 2.45) is 0 Å². The third-order valence-corrected chi connectivity index (χ3v) is 5.72. The van der Waals surface area contributed by atoms with E-state index in [1.807, 2.05) is 39.0 Å². The highest BCUT2D eigenvalue weighted by atomic mass is 32.2. The first-order chi connectivity index (χ1) is 15.3. The van der Waals surface area contributed by atoms with Crippen molar-refractivity contribution in [3.63, 3.8) is 0 Å². The third-order valence-electron chi connectivity index (χ3n) is 4.75. The number of benzene rings is 2. The Morgan fingerprint density at radius 2 is 1.62 bits per heavy atom. The van der Waals surface area contributed by atoms with Gasteiger partial charge in [0.2, 0.25) is 11.8 Å². The molecule has 2 aromatic carbocycles. The lowest BCUT2D eigenvalue weighted by Crippen LogP contribution is -2.18. The predicted octanol–water partition coefficient (Wildman–Crippen LogP) is 4.11. The molecule has 0 bridgehead atoms. The van der Waals surface area contributed by atoms with Gasteiger partial charge in [-0.1, -0.05) is 17.8 Å². The summed E-state index contributed by atoms with van der Waals surface area (Å²) < 4.78 is 28.0. The zero-order chi connectivity index (χ0) is 23.3. The minimum Gasteiger partial charge on any atom is -0.326 e. The van der Waals surface area contributed by atoms with Crippen molar-refractivity contribution in [2.75, 3.05) is 16.4 Å². The number of carbonyl (C=O) groups excluding carboxylic acids is 2. The maximum Gasteiger partial charge on any atom is 0.234 e. The molecule has 10 heteroatoms. The SMILES string of the molecule is CCn1c(CC(=O)Nc2ccc(C)c(C)c2)nnc1SCC(=O)Nc1ccc(F)c(F)c1. The second kappa shape index (κ2) is 10.4. The molecule has 32 heavy (non-hydrogen) atoms. The molecule has 0 fully saturated rings. The molecule has 0 aliphatic heterocycles. The number of halogens is 2. The highest BCUT2D eigenvalue weighted by Crippen LogP contribution is 2.20. The van der Waals surface area contributed by atoms with Gasteiger partial charge in [0.25, 0.3) is 0 Å². The standard InChI is InChI=1S/C22H23F2N5O2S/c1-4-29-19(11-20(30)25-15-6-5-13(2)14(3)9-15)27-28-22(29)32-12-21(31)26-16-7-8-17(23)18(24)10-16/h5-10H,4,11-12H2,1-3H3,(H,25,30)(H,26,31). The van der Waals surface area contributed by atoms with Gasteiger partial charge < -0.3 is 15.2 Å². The average molecular weight is 460 g/mol. The highest BCUT2D eigenvalue weighted by molar-refractivity contribution is 7.99. The first-order valence-electron chi connectivity index (χ1n) is 9.93. The number of hydrogen-bond acceptors (Lipinski definition) is 5. The molecule has 0 saturated heterocycles. The maximum absolute atomic E-state index is 13.3. The Hall–Kier alpha value is -3.27. The van der Waals surface area contributed by atoms with Gasteiger partial charge in [0.15, 0.2) is 16.8 Å². The fraction of sp³-hybridized carbons (Fsp3) is 0.273. The van der Waals surface area contributed by atoms with E-state index in [9.17, 15) is 18.4 Å². The molecule has 168 valence electrons. The molecule has 0 atom stereocenters. The number of anilines is 2. The number of carbonyl (C=O) groups is 2. The molecule has 0 spiro atoms. The summed E-state index contributed by atoms with van der Waals surface area (Å²) in [5.74, 6) is -2.17. The van der Waals surface area contributed by atoms with Crippen LogP contribution in [0, 0.1) is 25.5 Å². The first-order valence-corrected chi connectivity index (χ1v) is 10.9. The zero-order valence-electron chi connectivity index (χ0n) is 17.9. The molecular formula is C22H23F2N5O2S. The number of thioether (sulfide) groups is 1. The highest BCUT2D eigenvalue weighted by Gasteiger charge is 2.16. The lowest BCUT2D eigenvalue weighted by molar-refractivity contribution is -0.116. The van der Waals surface area contributed by atoms with E-state index in [2.05, 4.69) is 20.8 Å². The van der Waals surface area contributed by atoms with E-state index in [0.29, 0.717) is 23.2 Å². The van der Waals surface area contributed by atoms with Gasteiger partial charge in [-0.15, -0.1) is 10.2 Å². The molecule has 3 aromatic rings. The van der Waals surface area contributed by atoms with E-state index in [4.69, 9.17) is 0 Å². The lowest BCUT2D eigenvalue weighted by atomic mass is 10.1. The molecule has 1 aromatic heterocycles. The molecule has 2 N–H and O–H groups in total. The monoisotopic (exact) mass is 459 g/mol. The minimum atomic E-state index is -1.04. The van der Waals surface area contributed by atoms with Crippen molar-refractivity contribution < 1.29 is 18.4 Å². The Morgan fingerprint density at radius 3 is 2.31 bits per heavy atom. The van der Waals surface area contributed by atoms with Crippen molar-refractivity contribution in [2.45, 2.75) is 38.9 Å². The molecule has 1 heterocycles. The van der Waals surface area contributed by atoms with Crippen LogP contribution in [0.15, 0.2) is 41.6 Å². The topological polar surface area (TPSA) is 88.9 Å². The smallest absolute Gasteiger partial charge is 0.234 e. The summed E-state index contributed by atoms with van der Waals surface area (Å²) in [7, 11) is 0. The van der Waals surface area contributed by atoms with Crippen LogP contribution < -0.4 is 10.6 Å². The molecule has 0 aliphatic rings. The molecule has 3 rings (SSSR count). The predicted molar refractivity (Wildman–Crippen MR) is 120 cm³/mol. The van der Waals surface area contributed by atoms with Crippen LogP contribution in [0.25, 0.3) is 0 Å². The molecule has 0 radical (unpaired) electrons. The summed E-state index contributed by atoms with van der Waals surface area (Å²) in [5.41, 5.74) is 3.10. The molecule has 0 saturated carbocycles. The number of aryl methyl sites for hydroxylation is 2. The summed E-state index contributed by atoms with van der Waals surface area (Å²) in [4.78, 5) is 24.6. The van der Waals surface area contributed by atoms with Gasteiger partial charge in [-0.2, -0.15) is 0 Å². The third kappa shape index (κ3) is 5.91. The van der Waals surface area contributed by atoms with E-state index in [1.165, 1.54) is 6.07 Å². The van der Waals surface area contributed by atoms with Crippen molar-refractivity contribution in [1.29, 1.82) is 0 Å². The van der Waals surface area contributed by atoms with Crippen LogP contribution in [-0.2, 0) is 22.6 Å². The van der Waals surface area contributed by atoms with Crippen LogP contribution in [0.5, 0.6) is 0 Å². The van der Waals surface area contributed by atoms with Gasteiger partial charge in [-0.3, -0.25) is 9.59 Å². The van der Waals surface area contributed by atoms with Crippen LogP contribution in [0.2, 0.25) is 0 Å². The van der Waals surface area contributed by atoms with Gasteiger partial charge >= 0.3 is 0 Å². The van der Waals surface area contributed by atoms with Crippen molar-refractivity contribution in [3.8, 4) is 0 Å². The van der Waals surface area contributed by atoms with E-state index < -0.39 is 17.5 Å². The normalized spacial score (nSPS) is 10.8. The molecule has 7 nitrogen and oxygen atoms in total. The second-order valence-corrected chi connectivity index (χ2v) is 8.08. The molecule has 0 aliphatic carbocycles. The molecule has 2 amide bonds. The van der Waals surface area contributed by atoms with E-state index >= 15 is 0 Å². The van der Waals surface area contributed by atoms with Crippen LogP contribution in [-0.4, -0.2) is 32.3 Å². The summed E-state index contributed by atoms with van der Waals surface area (Å²) >= 11 is 1.14. The molecular weight excluding hydrogens is 436 g/mol. The number of nitrogens with zero attached hydrogens (tertiary/aromatic N) is 3. The Kier molecular flexibility index (Phi) is 7.57. The number of amides is 2. The number of nitrogens with one attached hydrogen (secondary N) is 2. The second-order valence-electron chi connectivity index (χ2n) is 7.13.